The highest BCUT2D eigenvalue weighted by atomic mass is 32.2. The van der Waals surface area contributed by atoms with E-state index in [1.807, 2.05) is 17.8 Å². The fraction of sp³-hybridized carbons (Fsp3) is 0.600. The van der Waals surface area contributed by atoms with Gasteiger partial charge in [-0.15, -0.1) is 11.3 Å². The van der Waals surface area contributed by atoms with Crippen molar-refractivity contribution in [2.75, 3.05) is 25.7 Å². The second-order valence-corrected chi connectivity index (χ2v) is 5.06. The van der Waals surface area contributed by atoms with E-state index in [0.717, 1.165) is 18.2 Å². The fourth-order valence-electron chi connectivity index (χ4n) is 1.12. The summed E-state index contributed by atoms with van der Waals surface area (Å²) in [7, 11) is 1.71. The van der Waals surface area contributed by atoms with E-state index < -0.39 is 0 Å². The highest BCUT2D eigenvalue weighted by Gasteiger charge is 1.98. The van der Waals surface area contributed by atoms with Gasteiger partial charge in [0.05, 0.1) is 7.11 Å². The van der Waals surface area contributed by atoms with Crippen LogP contribution in [0.1, 0.15) is 11.3 Å². The summed E-state index contributed by atoms with van der Waals surface area (Å²) in [6.45, 7) is 2.06. The van der Waals surface area contributed by atoms with Crippen LogP contribution in [0.3, 0.4) is 0 Å². The first-order chi connectivity index (χ1) is 6.86. The molecule has 0 radical (unpaired) electrons. The Balaban J connectivity index is 2.12. The van der Waals surface area contributed by atoms with Crippen LogP contribution in [0.15, 0.2) is 12.1 Å². The minimum atomic E-state index is 0.961. The molecule has 0 saturated carbocycles. The van der Waals surface area contributed by atoms with Crippen LogP contribution in [0.4, 0.5) is 0 Å². The number of thiophene rings is 1. The predicted molar refractivity (Wildman–Crippen MR) is 65.6 cm³/mol. The molecular formula is C10H17NOS2. The molecule has 1 aromatic heterocycles. The summed E-state index contributed by atoms with van der Waals surface area (Å²) >= 11 is 3.60. The fourth-order valence-corrected chi connectivity index (χ4v) is 2.34. The van der Waals surface area contributed by atoms with E-state index in [9.17, 15) is 0 Å². The second-order valence-electron chi connectivity index (χ2n) is 2.95. The van der Waals surface area contributed by atoms with Gasteiger partial charge in [-0.25, -0.2) is 0 Å². The van der Waals surface area contributed by atoms with E-state index in [4.69, 9.17) is 4.74 Å². The molecule has 0 bridgehead atoms. The number of ether oxygens (including phenoxy) is 1. The molecular weight excluding hydrogens is 214 g/mol. The highest BCUT2D eigenvalue weighted by molar-refractivity contribution is 7.98. The molecule has 0 spiro atoms. The van der Waals surface area contributed by atoms with Crippen LogP contribution < -0.4 is 10.1 Å². The van der Waals surface area contributed by atoms with Gasteiger partial charge >= 0.3 is 0 Å². The van der Waals surface area contributed by atoms with Gasteiger partial charge in [-0.2, -0.15) is 11.8 Å². The van der Waals surface area contributed by atoms with E-state index in [0.29, 0.717) is 0 Å². The van der Waals surface area contributed by atoms with Gasteiger partial charge in [0, 0.05) is 11.4 Å². The summed E-state index contributed by atoms with van der Waals surface area (Å²) in [5.74, 6) is 1.24. The molecule has 0 aliphatic carbocycles. The van der Waals surface area contributed by atoms with E-state index in [2.05, 4.69) is 17.6 Å². The Labute approximate surface area is 94.0 Å². The van der Waals surface area contributed by atoms with E-state index in [-0.39, 0.29) is 0 Å². The maximum Gasteiger partial charge on any atom is 0.173 e. The van der Waals surface area contributed by atoms with Gasteiger partial charge in [-0.1, -0.05) is 0 Å². The SMILES string of the molecule is COc1ccc(CNCCCSC)s1. The van der Waals surface area contributed by atoms with Gasteiger partial charge in [0.25, 0.3) is 0 Å². The number of rotatable bonds is 7. The first-order valence-corrected chi connectivity index (χ1v) is 6.90. The number of nitrogens with one attached hydrogen (secondary N) is 1. The molecule has 0 saturated heterocycles. The first kappa shape index (κ1) is 11.9. The van der Waals surface area contributed by atoms with Crippen molar-refractivity contribution in [1.29, 1.82) is 0 Å². The van der Waals surface area contributed by atoms with Crippen LogP contribution in [0.5, 0.6) is 5.06 Å². The van der Waals surface area contributed by atoms with Crippen molar-refractivity contribution in [2.45, 2.75) is 13.0 Å². The minimum absolute atomic E-state index is 0.961. The van der Waals surface area contributed by atoms with Crippen molar-refractivity contribution in [3.05, 3.63) is 17.0 Å². The summed E-state index contributed by atoms with van der Waals surface area (Å²) in [4.78, 5) is 1.34. The van der Waals surface area contributed by atoms with Crippen LogP contribution >= 0.6 is 23.1 Å². The van der Waals surface area contributed by atoms with Crippen LogP contribution in [0, 0.1) is 0 Å². The lowest BCUT2D eigenvalue weighted by Gasteiger charge is -2.01. The zero-order chi connectivity index (χ0) is 10.2. The molecule has 1 aromatic rings. The van der Waals surface area contributed by atoms with E-state index >= 15 is 0 Å². The molecule has 4 heteroatoms. The summed E-state index contributed by atoms with van der Waals surface area (Å²) in [6, 6.07) is 4.13. The Morgan fingerprint density at radius 3 is 3.00 bits per heavy atom. The van der Waals surface area contributed by atoms with Gasteiger partial charge in [-0.3, -0.25) is 0 Å². The third kappa shape index (κ3) is 4.35. The third-order valence-electron chi connectivity index (χ3n) is 1.84. The maximum absolute atomic E-state index is 5.13. The second kappa shape index (κ2) is 7.15. The molecule has 0 aliphatic heterocycles. The first-order valence-electron chi connectivity index (χ1n) is 4.69. The quantitative estimate of drug-likeness (QED) is 0.729. The molecule has 0 fully saturated rings. The monoisotopic (exact) mass is 231 g/mol. The Morgan fingerprint density at radius 1 is 1.50 bits per heavy atom. The maximum atomic E-state index is 5.13. The van der Waals surface area contributed by atoms with Crippen LogP contribution in [-0.4, -0.2) is 25.7 Å². The number of hydrogen-bond acceptors (Lipinski definition) is 4. The van der Waals surface area contributed by atoms with Crippen molar-refractivity contribution in [1.82, 2.24) is 5.32 Å². The smallest absolute Gasteiger partial charge is 0.173 e. The van der Waals surface area contributed by atoms with E-state index in [1.54, 1.807) is 18.4 Å². The number of hydrogen-bond donors (Lipinski definition) is 1. The van der Waals surface area contributed by atoms with Gasteiger partial charge < -0.3 is 10.1 Å². The molecule has 1 rings (SSSR count). The highest BCUT2D eigenvalue weighted by Crippen LogP contribution is 2.23. The Kier molecular flexibility index (Phi) is 6.07. The third-order valence-corrected chi connectivity index (χ3v) is 3.58. The standard InChI is InChI=1S/C10H17NOS2/c1-12-10-5-4-9(14-10)8-11-6-3-7-13-2/h4-5,11H,3,6-8H2,1-2H3. The zero-order valence-electron chi connectivity index (χ0n) is 8.71. The summed E-state index contributed by atoms with van der Waals surface area (Å²) in [6.07, 6.45) is 3.38. The zero-order valence-corrected chi connectivity index (χ0v) is 10.3. The molecule has 0 aliphatic rings. The predicted octanol–water partition coefficient (Wildman–Crippen LogP) is 2.60. The van der Waals surface area contributed by atoms with Crippen molar-refractivity contribution in [3.63, 3.8) is 0 Å². The van der Waals surface area contributed by atoms with E-state index in [1.165, 1.54) is 17.1 Å². The normalized spacial score (nSPS) is 10.4. The lowest BCUT2D eigenvalue weighted by atomic mass is 10.4. The molecule has 80 valence electrons. The van der Waals surface area contributed by atoms with Gasteiger partial charge in [0.1, 0.15) is 0 Å². The molecule has 2 nitrogen and oxygen atoms in total. The molecule has 0 unspecified atom stereocenters. The largest absolute Gasteiger partial charge is 0.487 e. The lowest BCUT2D eigenvalue weighted by molar-refractivity contribution is 0.427. The molecule has 14 heavy (non-hydrogen) atoms. The van der Waals surface area contributed by atoms with Crippen molar-refractivity contribution in [2.24, 2.45) is 0 Å². The minimum Gasteiger partial charge on any atom is -0.487 e. The van der Waals surface area contributed by atoms with Gasteiger partial charge in [-0.05, 0) is 37.1 Å². The summed E-state index contributed by atoms with van der Waals surface area (Å²) in [5, 5.41) is 4.41. The topological polar surface area (TPSA) is 21.3 Å². The molecule has 1 heterocycles. The molecule has 0 atom stereocenters. The number of methoxy groups -OCH3 is 1. The molecule has 1 N–H and O–H groups in total. The number of thioether (sulfide) groups is 1. The van der Waals surface area contributed by atoms with Gasteiger partial charge in [0.2, 0.25) is 0 Å². The van der Waals surface area contributed by atoms with Crippen molar-refractivity contribution >= 4 is 23.1 Å². The van der Waals surface area contributed by atoms with Crippen molar-refractivity contribution in [3.8, 4) is 5.06 Å². The van der Waals surface area contributed by atoms with Crippen LogP contribution in [0.2, 0.25) is 0 Å². The Bertz CT molecular complexity index is 250. The lowest BCUT2D eigenvalue weighted by Crippen LogP contribution is -2.14. The molecule has 0 amide bonds. The molecule has 0 aromatic carbocycles. The summed E-state index contributed by atoms with van der Waals surface area (Å²) in [5.41, 5.74) is 0. The average Bonchev–Trinajstić information content (AvgIpc) is 2.65. The Hall–Kier alpha value is -0.190. The van der Waals surface area contributed by atoms with Gasteiger partial charge in [0.15, 0.2) is 5.06 Å². The average molecular weight is 231 g/mol. The van der Waals surface area contributed by atoms with Crippen molar-refractivity contribution < 1.29 is 4.74 Å². The van der Waals surface area contributed by atoms with Crippen LogP contribution in [-0.2, 0) is 6.54 Å². The Morgan fingerprint density at radius 2 is 2.36 bits per heavy atom. The summed E-state index contributed by atoms with van der Waals surface area (Å²) < 4.78 is 5.13. The van der Waals surface area contributed by atoms with Crippen LogP contribution in [0.25, 0.3) is 0 Å².